The van der Waals surface area contributed by atoms with Gasteiger partial charge in [0.2, 0.25) is 0 Å². The molecule has 1 N–H and O–H groups in total. The van der Waals surface area contributed by atoms with Crippen molar-refractivity contribution < 1.29 is 5.11 Å². The average Bonchev–Trinajstić information content (AvgIpc) is 2.32. The number of pyridine rings is 1. The van der Waals surface area contributed by atoms with Gasteiger partial charge in [-0.2, -0.15) is 0 Å². The van der Waals surface area contributed by atoms with Gasteiger partial charge in [-0.1, -0.05) is 12.5 Å². The van der Waals surface area contributed by atoms with Gasteiger partial charge < -0.3 is 10.0 Å². The minimum Gasteiger partial charge on any atom is -0.383 e. The molecular formula is C15H22N2O. The lowest BCUT2D eigenvalue weighted by Crippen LogP contribution is -2.55. The van der Waals surface area contributed by atoms with Gasteiger partial charge in [0, 0.05) is 18.3 Å². The van der Waals surface area contributed by atoms with E-state index in [2.05, 4.69) is 29.9 Å². The molecule has 0 aromatic carbocycles. The highest BCUT2D eigenvalue weighted by molar-refractivity contribution is 5.25. The summed E-state index contributed by atoms with van der Waals surface area (Å²) >= 11 is 0. The van der Waals surface area contributed by atoms with E-state index >= 15 is 0 Å². The first-order valence-corrected chi connectivity index (χ1v) is 6.96. The molecule has 0 amide bonds. The van der Waals surface area contributed by atoms with Crippen LogP contribution in [0.5, 0.6) is 0 Å². The number of fused-ring (bicyclic) bond motifs is 2. The fourth-order valence-corrected chi connectivity index (χ4v) is 3.82. The molecule has 2 saturated heterocycles. The van der Waals surface area contributed by atoms with Crippen molar-refractivity contribution in [3.05, 3.63) is 29.6 Å². The Kier molecular flexibility index (Phi) is 2.91. The fourth-order valence-electron chi connectivity index (χ4n) is 3.82. The van der Waals surface area contributed by atoms with Gasteiger partial charge in [0.15, 0.2) is 0 Å². The van der Waals surface area contributed by atoms with E-state index in [4.69, 9.17) is 0 Å². The molecule has 0 saturated carbocycles. The van der Waals surface area contributed by atoms with Crippen LogP contribution in [0.15, 0.2) is 18.3 Å². The summed E-state index contributed by atoms with van der Waals surface area (Å²) in [5.74, 6) is 0. The van der Waals surface area contributed by atoms with E-state index in [1.54, 1.807) is 6.20 Å². The van der Waals surface area contributed by atoms with Crippen LogP contribution in [0.1, 0.15) is 43.4 Å². The summed E-state index contributed by atoms with van der Waals surface area (Å²) in [5.41, 5.74) is 1.30. The largest absolute Gasteiger partial charge is 0.383 e. The molecule has 3 heteroatoms. The highest BCUT2D eigenvalue weighted by atomic mass is 16.3. The number of hydrogen-bond donors (Lipinski definition) is 1. The van der Waals surface area contributed by atoms with Crippen LogP contribution >= 0.6 is 0 Å². The number of aryl methyl sites for hydroxylation is 1. The van der Waals surface area contributed by atoms with E-state index in [1.165, 1.54) is 19.3 Å². The topological polar surface area (TPSA) is 36.4 Å². The first-order chi connectivity index (χ1) is 8.60. The van der Waals surface area contributed by atoms with Crippen LogP contribution in [-0.4, -0.2) is 34.1 Å². The van der Waals surface area contributed by atoms with Gasteiger partial charge in [0.25, 0.3) is 0 Å². The molecule has 2 atom stereocenters. The Morgan fingerprint density at radius 1 is 1.33 bits per heavy atom. The number of aromatic nitrogens is 1. The van der Waals surface area contributed by atoms with E-state index < -0.39 is 5.60 Å². The molecule has 0 spiro atoms. The maximum absolute atomic E-state index is 11.1. The monoisotopic (exact) mass is 246 g/mol. The number of piperidine rings is 2. The van der Waals surface area contributed by atoms with Crippen molar-refractivity contribution in [3.63, 3.8) is 0 Å². The smallest absolute Gasteiger partial charge is 0.110 e. The summed E-state index contributed by atoms with van der Waals surface area (Å²) < 4.78 is 0. The van der Waals surface area contributed by atoms with Crippen molar-refractivity contribution in [2.24, 2.45) is 0 Å². The zero-order valence-electron chi connectivity index (χ0n) is 11.3. The molecular weight excluding hydrogens is 224 g/mol. The van der Waals surface area contributed by atoms with Crippen molar-refractivity contribution in [3.8, 4) is 0 Å². The van der Waals surface area contributed by atoms with Crippen LogP contribution in [0.4, 0.5) is 0 Å². The standard InChI is InChI=1S/C15H22N2O/c1-11-5-4-8-16-14(11)15(18)9-12-6-3-7-13(10-15)17(12)2/h4-5,8,12-13,18H,3,6-7,9-10H2,1-2H3. The number of hydrogen-bond acceptors (Lipinski definition) is 3. The highest BCUT2D eigenvalue weighted by Crippen LogP contribution is 2.43. The molecule has 3 heterocycles. The van der Waals surface area contributed by atoms with Gasteiger partial charge in [-0.05, 0) is 51.3 Å². The van der Waals surface area contributed by atoms with Crippen LogP contribution in [0.25, 0.3) is 0 Å². The van der Waals surface area contributed by atoms with Crippen LogP contribution in [0.2, 0.25) is 0 Å². The Balaban J connectivity index is 1.94. The van der Waals surface area contributed by atoms with Crippen LogP contribution in [-0.2, 0) is 5.60 Å². The summed E-state index contributed by atoms with van der Waals surface area (Å²) in [6.07, 6.45) is 7.18. The lowest BCUT2D eigenvalue weighted by Gasteiger charge is -2.50. The molecule has 2 fully saturated rings. The lowest BCUT2D eigenvalue weighted by atomic mass is 9.73. The Bertz CT molecular complexity index is 432. The predicted molar refractivity (Wildman–Crippen MR) is 71.3 cm³/mol. The summed E-state index contributed by atoms with van der Waals surface area (Å²) in [5, 5.41) is 11.1. The molecule has 2 bridgehead atoms. The van der Waals surface area contributed by atoms with Crippen molar-refractivity contribution >= 4 is 0 Å². The summed E-state index contributed by atoms with van der Waals surface area (Å²) in [6.45, 7) is 2.05. The summed E-state index contributed by atoms with van der Waals surface area (Å²) in [7, 11) is 2.21. The lowest BCUT2D eigenvalue weighted by molar-refractivity contribution is -0.0902. The van der Waals surface area contributed by atoms with Crippen molar-refractivity contribution in [2.45, 2.75) is 56.7 Å². The maximum atomic E-state index is 11.1. The summed E-state index contributed by atoms with van der Waals surface area (Å²) in [4.78, 5) is 6.93. The molecule has 3 nitrogen and oxygen atoms in total. The van der Waals surface area contributed by atoms with E-state index in [9.17, 15) is 5.11 Å². The van der Waals surface area contributed by atoms with Crippen molar-refractivity contribution in [1.82, 2.24) is 9.88 Å². The minimum absolute atomic E-state index is 0.518. The van der Waals surface area contributed by atoms with Crippen LogP contribution < -0.4 is 0 Å². The Labute approximate surface area is 109 Å². The molecule has 2 aliphatic heterocycles. The average molecular weight is 246 g/mol. The normalized spacial score (nSPS) is 36.6. The SMILES string of the molecule is Cc1cccnc1C1(O)CC2CCCC(C1)N2C. The number of aliphatic hydroxyl groups is 1. The first-order valence-electron chi connectivity index (χ1n) is 6.96. The third-order valence-electron chi connectivity index (χ3n) is 4.82. The molecule has 2 aliphatic rings. The van der Waals surface area contributed by atoms with E-state index in [-0.39, 0.29) is 0 Å². The van der Waals surface area contributed by atoms with Gasteiger partial charge in [-0.25, -0.2) is 0 Å². The molecule has 1 aromatic heterocycles. The van der Waals surface area contributed by atoms with E-state index in [1.807, 2.05) is 6.07 Å². The Morgan fingerprint density at radius 2 is 2.00 bits per heavy atom. The first kappa shape index (κ1) is 12.1. The number of nitrogens with zero attached hydrogens (tertiary/aromatic N) is 2. The second kappa shape index (κ2) is 4.32. The molecule has 2 unspecified atom stereocenters. The van der Waals surface area contributed by atoms with Gasteiger partial charge in [-0.15, -0.1) is 0 Å². The van der Waals surface area contributed by atoms with Gasteiger partial charge >= 0.3 is 0 Å². The third kappa shape index (κ3) is 1.86. The summed E-state index contributed by atoms with van der Waals surface area (Å²) in [6, 6.07) is 5.03. The van der Waals surface area contributed by atoms with Crippen LogP contribution in [0, 0.1) is 6.92 Å². The third-order valence-corrected chi connectivity index (χ3v) is 4.82. The molecule has 3 rings (SSSR count). The highest BCUT2D eigenvalue weighted by Gasteiger charge is 2.46. The molecule has 1 aromatic rings. The second-order valence-electron chi connectivity index (χ2n) is 6.01. The van der Waals surface area contributed by atoms with Gasteiger partial charge in [0.05, 0.1) is 5.69 Å². The zero-order valence-corrected chi connectivity index (χ0v) is 11.3. The zero-order chi connectivity index (χ0) is 12.8. The molecule has 0 aliphatic carbocycles. The van der Waals surface area contributed by atoms with E-state index in [0.717, 1.165) is 24.1 Å². The quantitative estimate of drug-likeness (QED) is 0.825. The second-order valence-corrected chi connectivity index (χ2v) is 6.01. The molecule has 0 radical (unpaired) electrons. The van der Waals surface area contributed by atoms with Crippen LogP contribution in [0.3, 0.4) is 0 Å². The molecule has 18 heavy (non-hydrogen) atoms. The van der Waals surface area contributed by atoms with Gasteiger partial charge in [0.1, 0.15) is 5.60 Å². The fraction of sp³-hybridized carbons (Fsp3) is 0.667. The predicted octanol–water partition coefficient (Wildman–Crippen LogP) is 2.22. The van der Waals surface area contributed by atoms with Gasteiger partial charge in [-0.3, -0.25) is 4.98 Å². The Morgan fingerprint density at radius 3 is 2.61 bits per heavy atom. The van der Waals surface area contributed by atoms with E-state index in [0.29, 0.717) is 12.1 Å². The van der Waals surface area contributed by atoms with Crippen molar-refractivity contribution in [2.75, 3.05) is 7.05 Å². The Hall–Kier alpha value is -0.930. The molecule has 98 valence electrons. The minimum atomic E-state index is -0.715. The van der Waals surface area contributed by atoms with Crippen molar-refractivity contribution in [1.29, 1.82) is 0 Å². The number of rotatable bonds is 1. The maximum Gasteiger partial charge on any atom is 0.110 e.